The summed E-state index contributed by atoms with van der Waals surface area (Å²) in [7, 11) is 0. The Morgan fingerprint density at radius 3 is 2.31 bits per heavy atom. The summed E-state index contributed by atoms with van der Waals surface area (Å²) >= 11 is 0. The van der Waals surface area contributed by atoms with Gasteiger partial charge in [-0.2, -0.15) is 26.3 Å². The van der Waals surface area contributed by atoms with Crippen molar-refractivity contribution >= 4 is 22.8 Å². The van der Waals surface area contributed by atoms with Gasteiger partial charge in [0.1, 0.15) is 23.2 Å². The molecule has 0 aliphatic carbocycles. The molecule has 3 N–H and O–H groups in total. The van der Waals surface area contributed by atoms with Crippen molar-refractivity contribution in [2.45, 2.75) is 37.0 Å². The summed E-state index contributed by atoms with van der Waals surface area (Å²) in [5.74, 6) is -5.00. The number of rotatable bonds is 5. The summed E-state index contributed by atoms with van der Waals surface area (Å²) in [4.78, 5) is 34.9. The van der Waals surface area contributed by atoms with Crippen LogP contribution in [0.15, 0.2) is 35.4 Å². The molecule has 1 amide bonds. The molecule has 3 atom stereocenters. The van der Waals surface area contributed by atoms with Crippen LogP contribution in [0.4, 0.5) is 40.9 Å². The minimum absolute atomic E-state index is 0.0493. The fourth-order valence-electron chi connectivity index (χ4n) is 3.95. The Bertz CT molecular complexity index is 1470. The summed E-state index contributed by atoms with van der Waals surface area (Å²) in [5, 5.41) is 20.3. The zero-order chi connectivity index (χ0) is 28.9. The van der Waals surface area contributed by atoms with E-state index in [0.717, 1.165) is 11.4 Å². The van der Waals surface area contributed by atoms with Crippen LogP contribution >= 0.6 is 0 Å². The second kappa shape index (κ2) is 10.0. The first-order valence-corrected chi connectivity index (χ1v) is 11.0. The largest absolute Gasteiger partial charge is 0.408 e. The van der Waals surface area contributed by atoms with Gasteiger partial charge in [-0.3, -0.25) is 14.2 Å². The number of aliphatic hydroxyl groups is 2. The van der Waals surface area contributed by atoms with E-state index in [4.69, 9.17) is 0 Å². The lowest BCUT2D eigenvalue weighted by Crippen LogP contribution is -2.48. The average molecular weight is 567 g/mol. The lowest BCUT2D eigenvalue weighted by atomic mass is 10.1. The van der Waals surface area contributed by atoms with E-state index in [1.54, 1.807) is 0 Å². The van der Waals surface area contributed by atoms with E-state index in [0.29, 0.717) is 23.0 Å². The summed E-state index contributed by atoms with van der Waals surface area (Å²) in [6.07, 6.45) is -14.5. The number of halogens is 8. The molecule has 3 aromatic heterocycles. The first-order valence-electron chi connectivity index (χ1n) is 11.0. The minimum Gasteiger partial charge on any atom is -0.389 e. The summed E-state index contributed by atoms with van der Waals surface area (Å²) in [5.41, 5.74) is -2.77. The van der Waals surface area contributed by atoms with Crippen LogP contribution in [0.1, 0.15) is 16.8 Å². The molecule has 1 aliphatic rings. The van der Waals surface area contributed by atoms with Gasteiger partial charge in [0.2, 0.25) is 5.43 Å². The predicted octanol–water partition coefficient (Wildman–Crippen LogP) is 2.21. The fraction of sp³-hybridized carbons (Fsp3) is 0.364. The van der Waals surface area contributed by atoms with E-state index < -0.39 is 82.4 Å². The monoisotopic (exact) mass is 567 g/mol. The van der Waals surface area contributed by atoms with Gasteiger partial charge in [-0.1, -0.05) is 0 Å². The van der Waals surface area contributed by atoms with Crippen molar-refractivity contribution in [2.24, 2.45) is 0 Å². The van der Waals surface area contributed by atoms with Gasteiger partial charge in [-0.05, 0) is 12.1 Å². The first kappa shape index (κ1) is 28.2. The van der Waals surface area contributed by atoms with Gasteiger partial charge in [0, 0.05) is 25.4 Å². The maximum absolute atomic E-state index is 14.7. The van der Waals surface area contributed by atoms with E-state index in [-0.39, 0.29) is 18.9 Å². The van der Waals surface area contributed by atoms with E-state index in [1.807, 2.05) is 0 Å². The van der Waals surface area contributed by atoms with Crippen molar-refractivity contribution < 1.29 is 50.1 Å². The third-order valence-electron chi connectivity index (χ3n) is 5.82. The molecule has 4 heterocycles. The van der Waals surface area contributed by atoms with Crippen molar-refractivity contribution in [2.75, 3.05) is 18.0 Å². The molecule has 0 saturated carbocycles. The Balaban J connectivity index is 1.87. The highest BCUT2D eigenvalue weighted by Crippen LogP contribution is 2.31. The second-order valence-corrected chi connectivity index (χ2v) is 8.67. The van der Waals surface area contributed by atoms with E-state index >= 15 is 0 Å². The Labute approximate surface area is 212 Å². The van der Waals surface area contributed by atoms with Crippen molar-refractivity contribution in [1.82, 2.24) is 19.9 Å². The number of β-amino-alcohol motifs (C(OH)–C–C–N with tert-alkyl or cyclic N) is 2. The molecule has 0 aromatic carbocycles. The highest BCUT2D eigenvalue weighted by molar-refractivity contribution is 5.97. The topological polar surface area (TPSA) is 121 Å². The number of carbonyl (C=O) groups is 1. The van der Waals surface area contributed by atoms with Crippen LogP contribution in [-0.4, -0.2) is 74.3 Å². The van der Waals surface area contributed by atoms with Crippen LogP contribution < -0.4 is 15.6 Å². The molecule has 0 radical (unpaired) electrons. The first-order chi connectivity index (χ1) is 18.0. The van der Waals surface area contributed by atoms with Gasteiger partial charge < -0.3 is 20.4 Å². The maximum atomic E-state index is 14.7. The number of nitrogens with one attached hydrogen (secondary N) is 1. The standard InChI is InChI=1S/C22H17F8N5O4/c23-9-3-12(24)19(31-5-9)35-6-11(20(39)32-15(22(28,29)30)4-21(25,26)27)17(38)10-1-2-16(33-18(10)35)34-7-13(36)14(37)8-34/h1-3,5-6,13-15,36-37H,4,7-8H2,(H,32,39)/t13-,14?,15?/m1/s1. The van der Waals surface area contributed by atoms with Crippen molar-refractivity contribution in [3.63, 3.8) is 0 Å². The molecule has 3 aromatic rings. The molecule has 1 aliphatic heterocycles. The molecule has 210 valence electrons. The number of hydrogen-bond acceptors (Lipinski definition) is 7. The molecule has 17 heteroatoms. The lowest BCUT2D eigenvalue weighted by Gasteiger charge is -2.23. The second-order valence-electron chi connectivity index (χ2n) is 8.67. The summed E-state index contributed by atoms with van der Waals surface area (Å²) in [6.45, 7) is -0.183. The van der Waals surface area contributed by atoms with Crippen LogP contribution in [0.2, 0.25) is 0 Å². The molecule has 4 rings (SSSR count). The number of aliphatic hydroxyl groups excluding tert-OH is 2. The van der Waals surface area contributed by atoms with Gasteiger partial charge in [-0.25, -0.2) is 18.7 Å². The van der Waals surface area contributed by atoms with Crippen LogP contribution in [0.5, 0.6) is 0 Å². The molecule has 39 heavy (non-hydrogen) atoms. The molecule has 2 unspecified atom stereocenters. The van der Waals surface area contributed by atoms with Crippen molar-refractivity contribution in [1.29, 1.82) is 0 Å². The van der Waals surface area contributed by atoms with E-state index in [2.05, 4.69) is 9.97 Å². The molecular formula is C22H17F8N5O4. The quantitative estimate of drug-likeness (QED) is 0.405. The Kier molecular flexibility index (Phi) is 7.24. The Hall–Kier alpha value is -3.86. The number of anilines is 1. The predicted molar refractivity (Wildman–Crippen MR) is 117 cm³/mol. The smallest absolute Gasteiger partial charge is 0.389 e. The lowest BCUT2D eigenvalue weighted by molar-refractivity contribution is -0.199. The molecule has 0 bridgehead atoms. The van der Waals surface area contributed by atoms with Gasteiger partial charge in [-0.15, -0.1) is 0 Å². The number of nitrogens with zero attached hydrogens (tertiary/aromatic N) is 4. The molecular weight excluding hydrogens is 550 g/mol. The number of aromatic nitrogens is 3. The number of pyridine rings is 3. The number of carbonyl (C=O) groups excluding carboxylic acids is 1. The zero-order valence-corrected chi connectivity index (χ0v) is 19.3. The Morgan fingerprint density at radius 2 is 1.74 bits per heavy atom. The van der Waals surface area contributed by atoms with Gasteiger partial charge >= 0.3 is 12.4 Å². The van der Waals surface area contributed by atoms with Crippen LogP contribution in [0, 0.1) is 11.6 Å². The third-order valence-corrected chi connectivity index (χ3v) is 5.82. The zero-order valence-electron chi connectivity index (χ0n) is 19.3. The van der Waals surface area contributed by atoms with Gasteiger partial charge in [0.25, 0.3) is 5.91 Å². The van der Waals surface area contributed by atoms with Crippen molar-refractivity contribution in [3.8, 4) is 5.82 Å². The molecule has 0 spiro atoms. The number of amides is 1. The number of alkyl halides is 6. The Morgan fingerprint density at radius 1 is 1.10 bits per heavy atom. The number of hydrogen-bond donors (Lipinski definition) is 3. The summed E-state index contributed by atoms with van der Waals surface area (Å²) in [6, 6.07) is -0.755. The minimum atomic E-state index is -5.53. The average Bonchev–Trinajstić information content (AvgIpc) is 3.16. The van der Waals surface area contributed by atoms with Crippen LogP contribution in [0.25, 0.3) is 16.9 Å². The van der Waals surface area contributed by atoms with Crippen LogP contribution in [-0.2, 0) is 0 Å². The SMILES string of the molecule is O=C(NC(CC(F)(F)F)C(F)(F)F)c1cn(-c2ncc(F)cc2F)c2nc(N3CC(O)[C@H](O)C3)ccc2c1=O. The normalized spacial score (nSPS) is 19.0. The molecule has 9 nitrogen and oxygen atoms in total. The third kappa shape index (κ3) is 5.93. The molecule has 1 saturated heterocycles. The van der Waals surface area contributed by atoms with Crippen molar-refractivity contribution in [3.05, 3.63) is 58.0 Å². The maximum Gasteiger partial charge on any atom is 0.408 e. The fourth-order valence-corrected chi connectivity index (χ4v) is 3.95. The van der Waals surface area contributed by atoms with Gasteiger partial charge in [0.15, 0.2) is 17.3 Å². The van der Waals surface area contributed by atoms with E-state index in [9.17, 15) is 54.9 Å². The molecule has 1 fully saturated rings. The van der Waals surface area contributed by atoms with E-state index in [1.165, 1.54) is 11.0 Å². The van der Waals surface area contributed by atoms with Crippen LogP contribution in [0.3, 0.4) is 0 Å². The highest BCUT2D eigenvalue weighted by Gasteiger charge is 2.47. The highest BCUT2D eigenvalue weighted by atomic mass is 19.4. The summed E-state index contributed by atoms with van der Waals surface area (Å²) < 4.78 is 107. The number of fused-ring (bicyclic) bond motifs is 1. The van der Waals surface area contributed by atoms with Gasteiger partial charge in [0.05, 0.1) is 30.2 Å².